The smallest absolute Gasteiger partial charge is 0.407 e. The minimum absolute atomic E-state index is 0.0501. The number of hydrogen-bond acceptors (Lipinski definition) is 9. The molecule has 194 valence electrons. The SMILES string of the molecule is CC(C)(C)OC(=O)NC/C=C/CNc1c(OCCO[C@H]2CCCCO2)cc(C(N)=O)cc1[N+](=O)[O-]. The van der Waals surface area contributed by atoms with Crippen molar-refractivity contribution >= 4 is 23.4 Å². The standard InChI is InChI=1S/C23H34N4O8/c1-23(2,3)35-22(29)26-10-6-5-9-25-20-17(27(30)31)14-16(21(24)28)15-18(20)32-12-13-34-19-8-4-7-11-33-19/h5-6,14-15,19,25H,4,7-13H2,1-3H3,(H2,24,28)(H,26,29)/b6-5+/t19-/m0/s1. The summed E-state index contributed by atoms with van der Waals surface area (Å²) < 4.78 is 22.0. The van der Waals surface area contributed by atoms with E-state index in [4.69, 9.17) is 24.7 Å². The summed E-state index contributed by atoms with van der Waals surface area (Å²) in [6.45, 7) is 6.62. The maximum Gasteiger partial charge on any atom is 0.407 e. The zero-order chi connectivity index (χ0) is 25.8. The molecule has 35 heavy (non-hydrogen) atoms. The minimum Gasteiger partial charge on any atom is -0.489 e. The Hall–Kier alpha value is -3.38. The first kappa shape index (κ1) is 27.9. The number of anilines is 1. The van der Waals surface area contributed by atoms with Crippen molar-refractivity contribution in [1.82, 2.24) is 5.32 Å². The van der Waals surface area contributed by atoms with Gasteiger partial charge in [0.25, 0.3) is 5.69 Å². The van der Waals surface area contributed by atoms with Crippen molar-refractivity contribution in [1.29, 1.82) is 0 Å². The van der Waals surface area contributed by atoms with Crippen molar-refractivity contribution in [2.75, 3.05) is 38.2 Å². The van der Waals surface area contributed by atoms with Crippen LogP contribution in [0.5, 0.6) is 5.75 Å². The summed E-state index contributed by atoms with van der Waals surface area (Å²) in [5, 5.41) is 17.2. The summed E-state index contributed by atoms with van der Waals surface area (Å²) in [5.41, 5.74) is 4.43. The van der Waals surface area contributed by atoms with E-state index in [1.807, 2.05) is 0 Å². The molecule has 4 N–H and O–H groups in total. The van der Waals surface area contributed by atoms with Gasteiger partial charge < -0.3 is 35.3 Å². The predicted octanol–water partition coefficient (Wildman–Crippen LogP) is 3.11. The number of rotatable bonds is 12. The number of primary amides is 1. The van der Waals surface area contributed by atoms with E-state index in [1.54, 1.807) is 32.9 Å². The molecule has 1 saturated heterocycles. The molecule has 1 fully saturated rings. The summed E-state index contributed by atoms with van der Waals surface area (Å²) >= 11 is 0. The highest BCUT2D eigenvalue weighted by atomic mass is 16.7. The molecule has 0 aliphatic carbocycles. The Bertz CT molecular complexity index is 908. The summed E-state index contributed by atoms with van der Waals surface area (Å²) in [7, 11) is 0. The lowest BCUT2D eigenvalue weighted by molar-refractivity contribution is -0.384. The third kappa shape index (κ3) is 10.2. The van der Waals surface area contributed by atoms with Gasteiger partial charge in [-0.2, -0.15) is 0 Å². The van der Waals surface area contributed by atoms with Crippen LogP contribution in [0.3, 0.4) is 0 Å². The first-order valence-corrected chi connectivity index (χ1v) is 11.4. The monoisotopic (exact) mass is 494 g/mol. The van der Waals surface area contributed by atoms with Crippen LogP contribution in [0.2, 0.25) is 0 Å². The van der Waals surface area contributed by atoms with Crippen LogP contribution in [-0.2, 0) is 14.2 Å². The number of nitro benzene ring substituents is 1. The van der Waals surface area contributed by atoms with Crippen LogP contribution in [0.1, 0.15) is 50.4 Å². The molecular weight excluding hydrogens is 460 g/mol. The highest BCUT2D eigenvalue weighted by Gasteiger charge is 2.23. The van der Waals surface area contributed by atoms with Gasteiger partial charge in [-0.05, 0) is 46.1 Å². The molecule has 0 radical (unpaired) electrons. The number of nitrogens with zero attached hydrogens (tertiary/aromatic N) is 1. The molecule has 0 bridgehead atoms. The average Bonchev–Trinajstić information content (AvgIpc) is 2.78. The zero-order valence-corrected chi connectivity index (χ0v) is 20.3. The largest absolute Gasteiger partial charge is 0.489 e. The third-order valence-electron chi connectivity index (χ3n) is 4.67. The Kier molecular flexibility index (Phi) is 10.7. The second-order valence-electron chi connectivity index (χ2n) is 8.74. The van der Waals surface area contributed by atoms with Crippen molar-refractivity contribution in [3.05, 3.63) is 40.0 Å². The van der Waals surface area contributed by atoms with E-state index in [-0.39, 0.29) is 55.3 Å². The maximum atomic E-state index is 11.7. The van der Waals surface area contributed by atoms with Gasteiger partial charge in [0.05, 0.1) is 11.5 Å². The Balaban J connectivity index is 2.00. The maximum absolute atomic E-state index is 11.7. The van der Waals surface area contributed by atoms with Crippen LogP contribution < -0.4 is 21.1 Å². The van der Waals surface area contributed by atoms with E-state index in [2.05, 4.69) is 10.6 Å². The normalized spacial score (nSPS) is 16.0. The van der Waals surface area contributed by atoms with Gasteiger partial charge in [0, 0.05) is 31.3 Å². The molecule has 0 saturated carbocycles. The van der Waals surface area contributed by atoms with Gasteiger partial charge in [0.15, 0.2) is 12.0 Å². The van der Waals surface area contributed by atoms with E-state index in [0.717, 1.165) is 25.3 Å². The van der Waals surface area contributed by atoms with Crippen molar-refractivity contribution in [2.24, 2.45) is 5.73 Å². The van der Waals surface area contributed by atoms with Crippen LogP contribution in [0.25, 0.3) is 0 Å². The Morgan fingerprint density at radius 3 is 2.60 bits per heavy atom. The van der Waals surface area contributed by atoms with Gasteiger partial charge in [-0.25, -0.2) is 4.79 Å². The third-order valence-corrected chi connectivity index (χ3v) is 4.67. The van der Waals surface area contributed by atoms with E-state index in [9.17, 15) is 19.7 Å². The van der Waals surface area contributed by atoms with E-state index in [0.29, 0.717) is 6.61 Å². The first-order chi connectivity index (χ1) is 16.6. The molecular formula is C23H34N4O8. The highest BCUT2D eigenvalue weighted by molar-refractivity contribution is 5.95. The Labute approximate surface area is 204 Å². The van der Waals surface area contributed by atoms with Crippen molar-refractivity contribution in [2.45, 2.75) is 51.9 Å². The van der Waals surface area contributed by atoms with Gasteiger partial charge in [-0.1, -0.05) is 12.2 Å². The van der Waals surface area contributed by atoms with Crippen LogP contribution in [0, 0.1) is 10.1 Å². The van der Waals surface area contributed by atoms with Gasteiger partial charge in [0.2, 0.25) is 5.91 Å². The number of nitro groups is 1. The summed E-state index contributed by atoms with van der Waals surface area (Å²) in [4.78, 5) is 34.4. The molecule has 0 spiro atoms. The second kappa shape index (κ2) is 13.5. The molecule has 1 aliphatic heterocycles. The topological polar surface area (TPSA) is 164 Å². The average molecular weight is 495 g/mol. The fraction of sp³-hybridized carbons (Fsp3) is 0.565. The number of carbonyl (C=O) groups is 2. The van der Waals surface area contributed by atoms with Gasteiger partial charge in [-0.3, -0.25) is 14.9 Å². The number of benzene rings is 1. The van der Waals surface area contributed by atoms with E-state index in [1.165, 1.54) is 6.07 Å². The number of ether oxygens (including phenoxy) is 4. The van der Waals surface area contributed by atoms with Crippen molar-refractivity contribution in [3.63, 3.8) is 0 Å². The van der Waals surface area contributed by atoms with Crippen LogP contribution in [0.4, 0.5) is 16.2 Å². The minimum atomic E-state index is -0.815. The van der Waals surface area contributed by atoms with Gasteiger partial charge >= 0.3 is 6.09 Å². The quantitative estimate of drug-likeness (QED) is 0.171. The van der Waals surface area contributed by atoms with E-state index < -0.39 is 22.5 Å². The molecule has 2 rings (SSSR count). The fourth-order valence-corrected chi connectivity index (χ4v) is 3.14. The van der Waals surface area contributed by atoms with Crippen LogP contribution >= 0.6 is 0 Å². The Morgan fingerprint density at radius 1 is 1.23 bits per heavy atom. The van der Waals surface area contributed by atoms with Gasteiger partial charge in [-0.15, -0.1) is 0 Å². The highest BCUT2D eigenvalue weighted by Crippen LogP contribution is 2.36. The molecule has 1 aromatic rings. The van der Waals surface area contributed by atoms with Crippen molar-refractivity contribution in [3.8, 4) is 5.75 Å². The molecule has 1 aliphatic rings. The van der Waals surface area contributed by atoms with Crippen molar-refractivity contribution < 1.29 is 33.5 Å². The van der Waals surface area contributed by atoms with E-state index >= 15 is 0 Å². The van der Waals surface area contributed by atoms with Crippen LogP contribution in [0.15, 0.2) is 24.3 Å². The summed E-state index contributed by atoms with van der Waals surface area (Å²) in [5.74, 6) is -0.717. The first-order valence-electron chi connectivity index (χ1n) is 11.4. The van der Waals surface area contributed by atoms with Gasteiger partial charge in [0.1, 0.15) is 18.0 Å². The molecule has 0 aromatic heterocycles. The molecule has 0 unspecified atom stereocenters. The lowest BCUT2D eigenvalue weighted by Gasteiger charge is -2.22. The molecule has 2 amide bonds. The molecule has 1 aromatic carbocycles. The zero-order valence-electron chi connectivity index (χ0n) is 20.3. The number of nitrogens with one attached hydrogen (secondary N) is 2. The summed E-state index contributed by atoms with van der Waals surface area (Å²) in [6, 6.07) is 2.44. The van der Waals surface area contributed by atoms with Crippen LogP contribution in [-0.4, -0.2) is 61.7 Å². The number of amides is 2. The summed E-state index contributed by atoms with van der Waals surface area (Å²) in [6.07, 6.45) is 5.31. The fourth-order valence-electron chi connectivity index (χ4n) is 3.14. The molecule has 1 atom stereocenters. The molecule has 12 nitrogen and oxygen atoms in total. The lowest BCUT2D eigenvalue weighted by atomic mass is 10.1. The predicted molar refractivity (Wildman–Crippen MR) is 129 cm³/mol. The number of nitrogens with two attached hydrogens (primary N) is 1. The number of alkyl carbamates (subject to hydrolysis) is 1. The second-order valence-corrected chi connectivity index (χ2v) is 8.74. The molecule has 12 heteroatoms. The lowest BCUT2D eigenvalue weighted by Crippen LogP contribution is -2.32. The number of carbonyl (C=O) groups excluding carboxylic acids is 2. The Morgan fingerprint density at radius 2 is 1.97 bits per heavy atom. The number of hydrogen-bond donors (Lipinski definition) is 3. The molecule has 1 heterocycles.